The minimum atomic E-state index is -0.901. The molecule has 1 aromatic heterocycles. The molecule has 0 saturated carbocycles. The summed E-state index contributed by atoms with van der Waals surface area (Å²) in [6.45, 7) is 3.92. The molecule has 2 heterocycles. The standard InChI is InChI=1S/C16H18FN3O3/c1-9-10(2)19(14-4-3-11(17)5-13(9)14)7-12(21)8-20-15(22)6-18-16(20)23/h3-5,12,21H,6-8H2,1-2H3,(H,18,23). The molecule has 0 aliphatic carbocycles. The number of amides is 3. The van der Waals surface area contributed by atoms with E-state index in [-0.39, 0.29) is 31.4 Å². The molecule has 2 aromatic rings. The van der Waals surface area contributed by atoms with Gasteiger partial charge in [-0.25, -0.2) is 9.18 Å². The van der Waals surface area contributed by atoms with E-state index >= 15 is 0 Å². The Morgan fingerprint density at radius 2 is 2.04 bits per heavy atom. The number of hydrogen-bond acceptors (Lipinski definition) is 3. The van der Waals surface area contributed by atoms with Crippen molar-refractivity contribution < 1.29 is 19.1 Å². The number of aliphatic hydroxyl groups is 1. The zero-order valence-corrected chi connectivity index (χ0v) is 13.0. The quantitative estimate of drug-likeness (QED) is 0.835. The molecular formula is C16H18FN3O3. The summed E-state index contributed by atoms with van der Waals surface area (Å²) in [4.78, 5) is 24.1. The van der Waals surface area contributed by atoms with Gasteiger partial charge in [-0.1, -0.05) is 0 Å². The molecule has 2 N–H and O–H groups in total. The highest BCUT2D eigenvalue weighted by molar-refractivity contribution is 6.01. The Hall–Kier alpha value is -2.41. The average Bonchev–Trinajstić information content (AvgIpc) is 2.93. The van der Waals surface area contributed by atoms with Gasteiger partial charge in [0.1, 0.15) is 5.82 Å². The summed E-state index contributed by atoms with van der Waals surface area (Å²) >= 11 is 0. The number of hydrogen-bond donors (Lipinski definition) is 2. The lowest BCUT2D eigenvalue weighted by atomic mass is 10.1. The summed E-state index contributed by atoms with van der Waals surface area (Å²) in [6.07, 6.45) is -0.901. The van der Waals surface area contributed by atoms with E-state index < -0.39 is 12.1 Å². The summed E-state index contributed by atoms with van der Waals surface area (Å²) in [5.74, 6) is -0.654. The van der Waals surface area contributed by atoms with E-state index in [0.29, 0.717) is 0 Å². The van der Waals surface area contributed by atoms with Gasteiger partial charge in [0.2, 0.25) is 5.91 Å². The highest BCUT2D eigenvalue weighted by atomic mass is 19.1. The summed E-state index contributed by atoms with van der Waals surface area (Å²) in [5, 5.41) is 13.5. The molecule has 1 aliphatic rings. The summed E-state index contributed by atoms with van der Waals surface area (Å²) < 4.78 is 15.3. The third kappa shape index (κ3) is 2.68. The lowest BCUT2D eigenvalue weighted by Crippen LogP contribution is -2.39. The lowest BCUT2D eigenvalue weighted by Gasteiger charge is -2.19. The van der Waals surface area contributed by atoms with Crippen LogP contribution in [-0.2, 0) is 11.3 Å². The van der Waals surface area contributed by atoms with Gasteiger partial charge in [-0.15, -0.1) is 0 Å². The average molecular weight is 319 g/mol. The first-order chi connectivity index (χ1) is 10.9. The number of imide groups is 1. The van der Waals surface area contributed by atoms with Crippen molar-refractivity contribution in [1.29, 1.82) is 0 Å². The van der Waals surface area contributed by atoms with Gasteiger partial charge in [0.15, 0.2) is 0 Å². The van der Waals surface area contributed by atoms with Gasteiger partial charge in [-0.2, -0.15) is 0 Å². The van der Waals surface area contributed by atoms with Crippen LogP contribution in [0.2, 0.25) is 0 Å². The van der Waals surface area contributed by atoms with E-state index in [1.165, 1.54) is 12.1 Å². The van der Waals surface area contributed by atoms with Crippen LogP contribution in [-0.4, -0.2) is 45.7 Å². The van der Waals surface area contributed by atoms with Crippen LogP contribution in [0.4, 0.5) is 9.18 Å². The molecule has 0 bridgehead atoms. The number of fused-ring (bicyclic) bond motifs is 1. The molecule has 6 nitrogen and oxygen atoms in total. The summed E-state index contributed by atoms with van der Waals surface area (Å²) in [6, 6.07) is 4.03. The molecule has 1 atom stereocenters. The second kappa shape index (κ2) is 5.66. The van der Waals surface area contributed by atoms with E-state index in [1.54, 1.807) is 6.07 Å². The maximum atomic E-state index is 13.4. The molecular weight excluding hydrogens is 301 g/mol. The fourth-order valence-electron chi connectivity index (χ4n) is 2.98. The van der Waals surface area contributed by atoms with Crippen LogP contribution in [0.25, 0.3) is 10.9 Å². The van der Waals surface area contributed by atoms with Crippen LogP contribution in [0.1, 0.15) is 11.3 Å². The smallest absolute Gasteiger partial charge is 0.324 e. The molecule has 3 rings (SSSR count). The Labute approximate surface area is 132 Å². The lowest BCUT2D eigenvalue weighted by molar-refractivity contribution is -0.126. The number of rotatable bonds is 4. The zero-order chi connectivity index (χ0) is 16.7. The van der Waals surface area contributed by atoms with Gasteiger partial charge in [-0.05, 0) is 37.6 Å². The molecule has 122 valence electrons. The number of benzene rings is 1. The highest BCUT2D eigenvalue weighted by Gasteiger charge is 2.30. The fraction of sp³-hybridized carbons (Fsp3) is 0.375. The van der Waals surface area contributed by atoms with Crippen molar-refractivity contribution in [1.82, 2.24) is 14.8 Å². The monoisotopic (exact) mass is 319 g/mol. The van der Waals surface area contributed by atoms with Crippen molar-refractivity contribution in [2.75, 3.05) is 13.1 Å². The highest BCUT2D eigenvalue weighted by Crippen LogP contribution is 2.26. The van der Waals surface area contributed by atoms with Crippen molar-refractivity contribution in [2.45, 2.75) is 26.5 Å². The van der Waals surface area contributed by atoms with E-state index in [1.807, 2.05) is 18.4 Å². The van der Waals surface area contributed by atoms with Gasteiger partial charge in [0, 0.05) is 16.6 Å². The Morgan fingerprint density at radius 1 is 1.30 bits per heavy atom. The summed E-state index contributed by atoms with van der Waals surface area (Å²) in [5.41, 5.74) is 2.68. The van der Waals surface area contributed by atoms with Gasteiger partial charge in [0.05, 0.1) is 25.7 Å². The van der Waals surface area contributed by atoms with Crippen LogP contribution in [0, 0.1) is 19.7 Å². The minimum absolute atomic E-state index is 0.0323. The van der Waals surface area contributed by atoms with Gasteiger partial charge < -0.3 is 15.0 Å². The van der Waals surface area contributed by atoms with Crippen molar-refractivity contribution in [2.24, 2.45) is 0 Å². The van der Waals surface area contributed by atoms with Crippen molar-refractivity contribution in [3.8, 4) is 0 Å². The summed E-state index contributed by atoms with van der Waals surface area (Å²) in [7, 11) is 0. The molecule has 1 aromatic carbocycles. The number of nitrogens with zero attached hydrogens (tertiary/aromatic N) is 2. The fourth-order valence-corrected chi connectivity index (χ4v) is 2.98. The Bertz CT molecular complexity index is 783. The predicted octanol–water partition coefficient (Wildman–Crippen LogP) is 1.31. The number of halogens is 1. The van der Waals surface area contributed by atoms with Crippen LogP contribution in [0.3, 0.4) is 0 Å². The number of carbonyl (C=O) groups is 2. The minimum Gasteiger partial charge on any atom is -0.389 e. The molecule has 1 aliphatic heterocycles. The molecule has 7 heteroatoms. The molecule has 1 saturated heterocycles. The molecule has 1 fully saturated rings. The topological polar surface area (TPSA) is 74.6 Å². The first-order valence-electron chi connectivity index (χ1n) is 7.39. The molecule has 0 radical (unpaired) electrons. The van der Waals surface area contributed by atoms with Crippen LogP contribution in [0.5, 0.6) is 0 Å². The first-order valence-corrected chi connectivity index (χ1v) is 7.39. The zero-order valence-electron chi connectivity index (χ0n) is 13.0. The molecule has 3 amide bonds. The molecule has 23 heavy (non-hydrogen) atoms. The maximum absolute atomic E-state index is 13.4. The number of aryl methyl sites for hydroxylation is 1. The van der Waals surface area contributed by atoms with Crippen LogP contribution < -0.4 is 5.32 Å². The van der Waals surface area contributed by atoms with Crippen molar-refractivity contribution in [3.05, 3.63) is 35.3 Å². The number of β-amino-alcohol motifs (C(OH)–C–C–N with tert-alkyl or cyclic N) is 1. The second-order valence-corrected chi connectivity index (χ2v) is 5.80. The van der Waals surface area contributed by atoms with E-state index in [9.17, 15) is 19.1 Å². The van der Waals surface area contributed by atoms with Crippen LogP contribution >= 0.6 is 0 Å². The third-order valence-electron chi connectivity index (χ3n) is 4.32. The van der Waals surface area contributed by atoms with Crippen molar-refractivity contribution in [3.63, 3.8) is 0 Å². The largest absolute Gasteiger partial charge is 0.389 e. The Kier molecular flexibility index (Phi) is 3.81. The van der Waals surface area contributed by atoms with E-state index in [2.05, 4.69) is 5.32 Å². The number of urea groups is 1. The van der Waals surface area contributed by atoms with Crippen LogP contribution in [0.15, 0.2) is 18.2 Å². The number of carbonyl (C=O) groups excluding carboxylic acids is 2. The maximum Gasteiger partial charge on any atom is 0.324 e. The predicted molar refractivity (Wildman–Crippen MR) is 82.5 cm³/mol. The van der Waals surface area contributed by atoms with Crippen molar-refractivity contribution >= 4 is 22.8 Å². The van der Waals surface area contributed by atoms with Gasteiger partial charge >= 0.3 is 6.03 Å². The SMILES string of the molecule is Cc1c(C)n(CC(O)CN2C(=O)CNC2=O)c2ccc(F)cc12. The molecule has 0 spiro atoms. The van der Waals surface area contributed by atoms with Gasteiger partial charge in [0.25, 0.3) is 0 Å². The second-order valence-electron chi connectivity index (χ2n) is 5.80. The third-order valence-corrected chi connectivity index (χ3v) is 4.32. The normalized spacial score (nSPS) is 16.3. The number of aliphatic hydroxyl groups excluding tert-OH is 1. The Morgan fingerprint density at radius 3 is 2.70 bits per heavy atom. The number of aromatic nitrogens is 1. The Balaban J connectivity index is 1.85. The molecule has 1 unspecified atom stereocenters. The first kappa shape index (κ1) is 15.5. The van der Waals surface area contributed by atoms with Gasteiger partial charge in [-0.3, -0.25) is 9.69 Å². The van der Waals surface area contributed by atoms with E-state index in [0.717, 1.165) is 27.1 Å². The number of nitrogens with one attached hydrogen (secondary N) is 1. The van der Waals surface area contributed by atoms with E-state index in [4.69, 9.17) is 0 Å².